The zero-order valence-electron chi connectivity index (χ0n) is 15.9. The van der Waals surface area contributed by atoms with Crippen molar-refractivity contribution in [2.24, 2.45) is 0 Å². The zero-order chi connectivity index (χ0) is 19.2. The maximum absolute atomic E-state index is 9.31. The second-order valence-electron chi connectivity index (χ2n) is 6.25. The molecule has 3 rings (SSSR count). The molecule has 0 amide bonds. The maximum atomic E-state index is 9.31. The molecule has 0 spiro atoms. The third-order valence-corrected chi connectivity index (χ3v) is 5.01. The van der Waals surface area contributed by atoms with E-state index in [1.54, 1.807) is 7.11 Å². The lowest BCUT2D eigenvalue weighted by Crippen LogP contribution is -2.31. The molecule has 0 aromatic heterocycles. The van der Waals surface area contributed by atoms with Crippen LogP contribution in [0.3, 0.4) is 0 Å². The molecule has 0 saturated carbocycles. The normalized spacial score (nSPS) is 13.0. The molecule has 6 nitrogen and oxygen atoms in total. The van der Waals surface area contributed by atoms with E-state index < -0.39 is 0 Å². The molecule has 2 aromatic rings. The van der Waals surface area contributed by atoms with Gasteiger partial charge >= 0.3 is 0 Å². The number of aliphatic hydroxyl groups is 1. The standard InChI is InChI=1S/C20H24BrNO5.ClH/c1-3-15(10-23)22-9-14-6-16(21)20(19(8-14)24-2)25-11-13-4-5-17-18(7-13)27-12-26-17;/h4-8,15,22-23H,3,9-12H2,1-2H3;1H. The molecule has 2 N–H and O–H groups in total. The Morgan fingerprint density at radius 2 is 1.96 bits per heavy atom. The molecule has 1 heterocycles. The van der Waals surface area contributed by atoms with Crippen LogP contribution in [0.2, 0.25) is 0 Å². The maximum Gasteiger partial charge on any atom is 0.231 e. The third-order valence-electron chi connectivity index (χ3n) is 4.42. The van der Waals surface area contributed by atoms with E-state index in [1.807, 2.05) is 37.3 Å². The Kier molecular flexibility index (Phi) is 8.69. The predicted molar refractivity (Wildman–Crippen MR) is 113 cm³/mol. The van der Waals surface area contributed by atoms with Crippen molar-refractivity contribution in [1.82, 2.24) is 5.32 Å². The molecule has 1 atom stereocenters. The lowest BCUT2D eigenvalue weighted by molar-refractivity contribution is 0.174. The van der Waals surface area contributed by atoms with Crippen molar-refractivity contribution in [3.8, 4) is 23.0 Å². The molecule has 0 saturated heterocycles. The Morgan fingerprint density at radius 3 is 2.68 bits per heavy atom. The largest absolute Gasteiger partial charge is 0.493 e. The van der Waals surface area contributed by atoms with Gasteiger partial charge in [-0.25, -0.2) is 0 Å². The first-order valence-electron chi connectivity index (χ1n) is 8.86. The van der Waals surface area contributed by atoms with Crippen molar-refractivity contribution in [3.63, 3.8) is 0 Å². The van der Waals surface area contributed by atoms with Crippen molar-refractivity contribution >= 4 is 28.3 Å². The smallest absolute Gasteiger partial charge is 0.231 e. The number of nitrogens with one attached hydrogen (secondary N) is 1. The fourth-order valence-corrected chi connectivity index (χ4v) is 3.41. The van der Waals surface area contributed by atoms with Gasteiger partial charge in [0.05, 0.1) is 18.2 Å². The summed E-state index contributed by atoms with van der Waals surface area (Å²) in [6, 6.07) is 9.77. The number of fused-ring (bicyclic) bond motifs is 1. The summed E-state index contributed by atoms with van der Waals surface area (Å²) in [6.07, 6.45) is 0.867. The van der Waals surface area contributed by atoms with Gasteiger partial charge in [0.1, 0.15) is 6.61 Å². The van der Waals surface area contributed by atoms with Crippen molar-refractivity contribution in [2.75, 3.05) is 20.5 Å². The summed E-state index contributed by atoms with van der Waals surface area (Å²) in [5, 5.41) is 12.6. The first kappa shape index (κ1) is 22.6. The van der Waals surface area contributed by atoms with E-state index in [2.05, 4.69) is 21.2 Å². The Labute approximate surface area is 179 Å². The van der Waals surface area contributed by atoms with Crippen molar-refractivity contribution in [2.45, 2.75) is 32.5 Å². The number of aliphatic hydroxyl groups excluding tert-OH is 1. The predicted octanol–water partition coefficient (Wildman–Crippen LogP) is 4.05. The number of hydrogen-bond donors (Lipinski definition) is 2. The van der Waals surface area contributed by atoms with Crippen LogP contribution in [0.25, 0.3) is 0 Å². The molecule has 1 aliphatic rings. The topological polar surface area (TPSA) is 69.2 Å². The van der Waals surface area contributed by atoms with Crippen LogP contribution in [-0.2, 0) is 13.2 Å². The summed E-state index contributed by atoms with van der Waals surface area (Å²) in [5.41, 5.74) is 2.02. The third kappa shape index (κ3) is 5.44. The van der Waals surface area contributed by atoms with E-state index in [-0.39, 0.29) is 31.8 Å². The number of ether oxygens (including phenoxy) is 4. The first-order valence-corrected chi connectivity index (χ1v) is 9.65. The van der Waals surface area contributed by atoms with Crippen LogP contribution < -0.4 is 24.3 Å². The van der Waals surface area contributed by atoms with Gasteiger partial charge in [-0.15, -0.1) is 12.4 Å². The van der Waals surface area contributed by atoms with Gasteiger partial charge in [0, 0.05) is 12.6 Å². The lowest BCUT2D eigenvalue weighted by Gasteiger charge is -2.17. The van der Waals surface area contributed by atoms with Crippen LogP contribution in [0.5, 0.6) is 23.0 Å². The van der Waals surface area contributed by atoms with Gasteiger partial charge in [-0.05, 0) is 57.7 Å². The van der Waals surface area contributed by atoms with Crippen LogP contribution in [0.15, 0.2) is 34.8 Å². The fraction of sp³-hybridized carbons (Fsp3) is 0.400. The van der Waals surface area contributed by atoms with Crippen molar-refractivity contribution < 1.29 is 24.1 Å². The minimum atomic E-state index is 0. The molecule has 8 heteroatoms. The van der Waals surface area contributed by atoms with E-state index in [0.29, 0.717) is 24.7 Å². The highest BCUT2D eigenvalue weighted by Gasteiger charge is 2.16. The average Bonchev–Trinajstić information content (AvgIpc) is 3.15. The summed E-state index contributed by atoms with van der Waals surface area (Å²) < 4.78 is 23.1. The number of benzene rings is 2. The van der Waals surface area contributed by atoms with E-state index in [0.717, 1.165) is 33.5 Å². The number of rotatable bonds is 9. The average molecular weight is 475 g/mol. The van der Waals surface area contributed by atoms with Gasteiger partial charge < -0.3 is 29.4 Å². The van der Waals surface area contributed by atoms with Crippen LogP contribution in [0.1, 0.15) is 24.5 Å². The number of halogens is 2. The van der Waals surface area contributed by atoms with Gasteiger partial charge in [0.2, 0.25) is 6.79 Å². The van der Waals surface area contributed by atoms with Crippen LogP contribution >= 0.6 is 28.3 Å². The van der Waals surface area contributed by atoms with Crippen LogP contribution in [0, 0.1) is 0 Å². The summed E-state index contributed by atoms with van der Waals surface area (Å²) in [4.78, 5) is 0. The highest BCUT2D eigenvalue weighted by Crippen LogP contribution is 2.38. The highest BCUT2D eigenvalue weighted by molar-refractivity contribution is 9.10. The monoisotopic (exact) mass is 473 g/mol. The Balaban J connectivity index is 0.00000280. The Morgan fingerprint density at radius 1 is 1.18 bits per heavy atom. The van der Waals surface area contributed by atoms with Crippen molar-refractivity contribution in [3.05, 3.63) is 45.9 Å². The lowest BCUT2D eigenvalue weighted by atomic mass is 10.1. The Bertz CT molecular complexity index is 785. The van der Waals surface area contributed by atoms with E-state index in [1.165, 1.54) is 0 Å². The van der Waals surface area contributed by atoms with Crippen LogP contribution in [0.4, 0.5) is 0 Å². The zero-order valence-corrected chi connectivity index (χ0v) is 18.3. The molecular formula is C20H25BrClNO5. The molecule has 0 fully saturated rings. The summed E-state index contributed by atoms with van der Waals surface area (Å²) in [6.45, 7) is 3.43. The van der Waals surface area contributed by atoms with Gasteiger partial charge in [-0.2, -0.15) is 0 Å². The minimum Gasteiger partial charge on any atom is -0.493 e. The van der Waals surface area contributed by atoms with Gasteiger partial charge in [-0.1, -0.05) is 13.0 Å². The van der Waals surface area contributed by atoms with E-state index in [4.69, 9.17) is 18.9 Å². The quantitative estimate of drug-likeness (QED) is 0.571. The van der Waals surface area contributed by atoms with E-state index in [9.17, 15) is 5.11 Å². The molecule has 154 valence electrons. The van der Waals surface area contributed by atoms with Crippen LogP contribution in [-0.4, -0.2) is 31.7 Å². The second kappa shape index (κ2) is 10.8. The van der Waals surface area contributed by atoms with E-state index >= 15 is 0 Å². The molecule has 1 aliphatic heterocycles. The second-order valence-corrected chi connectivity index (χ2v) is 7.11. The number of hydrogen-bond acceptors (Lipinski definition) is 6. The summed E-state index contributed by atoms with van der Waals surface area (Å²) >= 11 is 3.58. The molecule has 2 aromatic carbocycles. The molecule has 1 unspecified atom stereocenters. The molecule has 0 aliphatic carbocycles. The molecule has 28 heavy (non-hydrogen) atoms. The first-order chi connectivity index (χ1) is 13.1. The molecule has 0 radical (unpaired) electrons. The summed E-state index contributed by atoms with van der Waals surface area (Å²) in [5.74, 6) is 2.78. The van der Waals surface area contributed by atoms with Gasteiger partial charge in [0.25, 0.3) is 0 Å². The fourth-order valence-electron chi connectivity index (χ4n) is 2.80. The number of methoxy groups -OCH3 is 1. The molecular weight excluding hydrogens is 450 g/mol. The van der Waals surface area contributed by atoms with Gasteiger partial charge in [0.15, 0.2) is 23.0 Å². The summed E-state index contributed by atoms with van der Waals surface area (Å²) in [7, 11) is 1.62. The SMILES string of the molecule is CCC(CO)NCc1cc(Br)c(OCc2ccc3c(c2)OCO3)c(OC)c1.Cl. The molecule has 0 bridgehead atoms. The van der Waals surface area contributed by atoms with Crippen molar-refractivity contribution in [1.29, 1.82) is 0 Å². The van der Waals surface area contributed by atoms with Gasteiger partial charge in [-0.3, -0.25) is 0 Å². The minimum absolute atomic E-state index is 0. The highest BCUT2D eigenvalue weighted by atomic mass is 79.9. The Hall–Kier alpha value is -1.67.